The van der Waals surface area contributed by atoms with Gasteiger partial charge in [0.2, 0.25) is 0 Å². The number of rotatable bonds is 8. The Hall–Kier alpha value is -0.210. The predicted octanol–water partition coefficient (Wildman–Crippen LogP) is 0.0606. The van der Waals surface area contributed by atoms with Gasteiger partial charge in [-0.2, -0.15) is 12.7 Å². The molecule has 3 N–H and O–H groups in total. The number of nitrogens with zero attached hydrogens (tertiary/aromatic N) is 1. The van der Waals surface area contributed by atoms with Crippen LogP contribution in [0, 0.1) is 0 Å². The van der Waals surface area contributed by atoms with Crippen molar-refractivity contribution in [2.75, 3.05) is 32.8 Å². The molecule has 0 unspecified atom stereocenters. The van der Waals surface area contributed by atoms with Gasteiger partial charge in [-0.1, -0.05) is 6.92 Å². The van der Waals surface area contributed by atoms with E-state index in [1.54, 1.807) is 0 Å². The van der Waals surface area contributed by atoms with Gasteiger partial charge in [-0.05, 0) is 32.2 Å². The molecule has 1 aliphatic heterocycles. The molecule has 1 heterocycles. The van der Waals surface area contributed by atoms with Crippen LogP contribution in [-0.4, -0.2) is 51.6 Å². The Morgan fingerprint density at radius 2 is 2.06 bits per heavy atom. The fourth-order valence-electron chi connectivity index (χ4n) is 1.89. The quantitative estimate of drug-likeness (QED) is 0.615. The van der Waals surface area contributed by atoms with Gasteiger partial charge < -0.3 is 10.5 Å². The van der Waals surface area contributed by atoms with Crippen molar-refractivity contribution in [3.8, 4) is 0 Å². The van der Waals surface area contributed by atoms with Crippen LogP contribution in [0.4, 0.5) is 0 Å². The summed E-state index contributed by atoms with van der Waals surface area (Å²) < 4.78 is 33.5. The zero-order valence-electron chi connectivity index (χ0n) is 11.1. The van der Waals surface area contributed by atoms with Gasteiger partial charge >= 0.3 is 0 Å². The number of hydrogen-bond acceptors (Lipinski definition) is 4. The summed E-state index contributed by atoms with van der Waals surface area (Å²) in [7, 11) is -3.29. The van der Waals surface area contributed by atoms with Gasteiger partial charge in [-0.3, -0.25) is 0 Å². The van der Waals surface area contributed by atoms with E-state index >= 15 is 0 Å². The molecule has 7 heteroatoms. The molecule has 0 aliphatic carbocycles. The second kappa shape index (κ2) is 8.06. The highest BCUT2D eigenvalue weighted by molar-refractivity contribution is 7.87. The van der Waals surface area contributed by atoms with Gasteiger partial charge in [-0.15, -0.1) is 0 Å². The van der Waals surface area contributed by atoms with Crippen LogP contribution in [0.1, 0.15) is 32.6 Å². The first-order chi connectivity index (χ1) is 8.60. The lowest BCUT2D eigenvalue weighted by Gasteiger charge is -2.31. The molecule has 0 aromatic heterocycles. The van der Waals surface area contributed by atoms with Crippen molar-refractivity contribution >= 4 is 10.2 Å². The Kier molecular flexibility index (Phi) is 7.10. The van der Waals surface area contributed by atoms with Crippen molar-refractivity contribution in [2.24, 2.45) is 5.73 Å². The van der Waals surface area contributed by atoms with E-state index in [-0.39, 0.29) is 6.10 Å². The Balaban J connectivity index is 2.30. The van der Waals surface area contributed by atoms with Crippen LogP contribution >= 0.6 is 0 Å². The lowest BCUT2D eigenvalue weighted by atomic mass is 10.1. The molecule has 0 radical (unpaired) electrons. The van der Waals surface area contributed by atoms with E-state index in [0.29, 0.717) is 32.8 Å². The molecule has 6 nitrogen and oxygen atoms in total. The molecule has 0 aromatic rings. The van der Waals surface area contributed by atoms with Crippen LogP contribution in [0.2, 0.25) is 0 Å². The van der Waals surface area contributed by atoms with Gasteiger partial charge in [0.05, 0.1) is 6.10 Å². The molecular weight excluding hydrogens is 254 g/mol. The van der Waals surface area contributed by atoms with Crippen LogP contribution in [0.25, 0.3) is 0 Å². The third-order valence-electron chi connectivity index (χ3n) is 2.98. The first kappa shape index (κ1) is 15.8. The van der Waals surface area contributed by atoms with Crippen molar-refractivity contribution in [1.82, 2.24) is 9.03 Å². The average Bonchev–Trinajstić information content (AvgIpc) is 2.37. The number of nitrogens with one attached hydrogen (secondary N) is 1. The fourth-order valence-corrected chi connectivity index (χ4v) is 3.23. The average molecular weight is 279 g/mol. The van der Waals surface area contributed by atoms with Gasteiger partial charge in [-0.25, -0.2) is 4.72 Å². The maximum atomic E-state index is 11.9. The van der Waals surface area contributed by atoms with E-state index in [4.69, 9.17) is 10.5 Å². The predicted molar refractivity (Wildman–Crippen MR) is 71.4 cm³/mol. The minimum atomic E-state index is -3.29. The zero-order valence-corrected chi connectivity index (χ0v) is 11.9. The van der Waals surface area contributed by atoms with E-state index in [1.807, 2.05) is 6.92 Å². The number of nitrogens with two attached hydrogens (primary N) is 1. The monoisotopic (exact) mass is 279 g/mol. The Labute approximate surface area is 110 Å². The fraction of sp³-hybridized carbons (Fsp3) is 1.00. The topological polar surface area (TPSA) is 84.7 Å². The van der Waals surface area contributed by atoms with E-state index < -0.39 is 10.2 Å². The Morgan fingerprint density at radius 1 is 1.39 bits per heavy atom. The van der Waals surface area contributed by atoms with Crippen molar-refractivity contribution in [3.63, 3.8) is 0 Å². The lowest BCUT2D eigenvalue weighted by molar-refractivity contribution is 0.0207. The van der Waals surface area contributed by atoms with Crippen LogP contribution in [0.15, 0.2) is 0 Å². The third kappa shape index (κ3) is 5.19. The number of hydrogen-bond donors (Lipinski definition) is 2. The smallest absolute Gasteiger partial charge is 0.279 e. The van der Waals surface area contributed by atoms with Gasteiger partial charge in [0.25, 0.3) is 10.2 Å². The minimum Gasteiger partial charge on any atom is -0.378 e. The van der Waals surface area contributed by atoms with Crippen molar-refractivity contribution in [1.29, 1.82) is 0 Å². The molecule has 0 amide bonds. The van der Waals surface area contributed by atoms with Crippen LogP contribution in [0.5, 0.6) is 0 Å². The molecule has 1 saturated heterocycles. The maximum Gasteiger partial charge on any atom is 0.279 e. The highest BCUT2D eigenvalue weighted by Gasteiger charge is 2.27. The standard InChI is InChI=1S/C11H25N3O3S/c1-2-7-13-18(15,16)14-8-4-11(5-9-14)17-10-3-6-12/h11,13H,2-10,12H2,1H3. The van der Waals surface area contributed by atoms with Gasteiger partial charge in [0.1, 0.15) is 0 Å². The van der Waals surface area contributed by atoms with Crippen LogP contribution in [-0.2, 0) is 14.9 Å². The molecule has 0 saturated carbocycles. The molecule has 0 aromatic carbocycles. The molecule has 1 aliphatic rings. The zero-order chi connectivity index (χ0) is 13.4. The van der Waals surface area contributed by atoms with Crippen molar-refractivity contribution < 1.29 is 13.2 Å². The molecule has 1 rings (SSSR count). The summed E-state index contributed by atoms with van der Waals surface area (Å²) in [5.74, 6) is 0. The normalized spacial score (nSPS) is 19.2. The largest absolute Gasteiger partial charge is 0.378 e. The molecule has 18 heavy (non-hydrogen) atoms. The highest BCUT2D eigenvalue weighted by atomic mass is 32.2. The molecule has 1 fully saturated rings. The summed E-state index contributed by atoms with van der Waals surface area (Å²) in [6.45, 7) is 4.81. The number of piperidine rings is 1. The van der Waals surface area contributed by atoms with Crippen LogP contribution in [0.3, 0.4) is 0 Å². The molecular formula is C11H25N3O3S. The van der Waals surface area contributed by atoms with Crippen molar-refractivity contribution in [2.45, 2.75) is 38.7 Å². The summed E-state index contributed by atoms with van der Waals surface area (Å²) in [6, 6.07) is 0. The molecule has 0 spiro atoms. The Bertz CT molecular complexity index is 313. The van der Waals surface area contributed by atoms with E-state index in [1.165, 1.54) is 4.31 Å². The lowest BCUT2D eigenvalue weighted by Crippen LogP contribution is -2.46. The highest BCUT2D eigenvalue weighted by Crippen LogP contribution is 2.16. The summed E-state index contributed by atoms with van der Waals surface area (Å²) in [6.07, 6.45) is 3.36. The number of ether oxygens (including phenoxy) is 1. The van der Waals surface area contributed by atoms with Gasteiger partial charge in [0.15, 0.2) is 0 Å². The second-order valence-corrected chi connectivity index (χ2v) is 6.27. The summed E-state index contributed by atoms with van der Waals surface area (Å²) >= 11 is 0. The minimum absolute atomic E-state index is 0.175. The first-order valence-electron chi connectivity index (χ1n) is 6.66. The van der Waals surface area contributed by atoms with Gasteiger partial charge in [0, 0.05) is 26.2 Å². The Morgan fingerprint density at radius 3 is 2.61 bits per heavy atom. The first-order valence-corrected chi connectivity index (χ1v) is 8.10. The second-order valence-electron chi connectivity index (χ2n) is 4.51. The summed E-state index contributed by atoms with van der Waals surface area (Å²) in [4.78, 5) is 0. The third-order valence-corrected chi connectivity index (χ3v) is 4.59. The van der Waals surface area contributed by atoms with Crippen LogP contribution < -0.4 is 10.5 Å². The maximum absolute atomic E-state index is 11.9. The van der Waals surface area contributed by atoms with Crippen molar-refractivity contribution in [3.05, 3.63) is 0 Å². The van der Waals surface area contributed by atoms with E-state index in [9.17, 15) is 8.42 Å². The SMILES string of the molecule is CCCNS(=O)(=O)N1CCC(OCCCN)CC1. The molecule has 108 valence electrons. The molecule has 0 bridgehead atoms. The summed E-state index contributed by atoms with van der Waals surface area (Å²) in [5.41, 5.74) is 5.39. The molecule has 0 atom stereocenters. The van der Waals surface area contributed by atoms with E-state index in [0.717, 1.165) is 25.7 Å². The summed E-state index contributed by atoms with van der Waals surface area (Å²) in [5, 5.41) is 0. The van der Waals surface area contributed by atoms with E-state index in [2.05, 4.69) is 4.72 Å².